The number of benzene rings is 3. The zero-order chi connectivity index (χ0) is 28.9. The minimum atomic E-state index is -0.678. The second-order valence-corrected chi connectivity index (χ2v) is 11.9. The third-order valence-corrected chi connectivity index (χ3v) is 8.54. The quantitative estimate of drug-likeness (QED) is 0.165. The molecule has 1 aliphatic rings. The fourth-order valence-electron chi connectivity index (χ4n) is 4.07. The molecule has 1 saturated heterocycles. The lowest BCUT2D eigenvalue weighted by atomic mass is 10.2. The van der Waals surface area contributed by atoms with Crippen molar-refractivity contribution >= 4 is 87.4 Å². The first-order chi connectivity index (χ1) is 19.8. The van der Waals surface area contributed by atoms with Gasteiger partial charge in [-0.15, -0.1) is 23.1 Å². The Kier molecular flexibility index (Phi) is 8.90. The van der Waals surface area contributed by atoms with Crippen LogP contribution in [-0.2, 0) is 14.4 Å². The van der Waals surface area contributed by atoms with Crippen LogP contribution in [0.15, 0.2) is 101 Å². The maximum absolute atomic E-state index is 13.3. The van der Waals surface area contributed by atoms with E-state index in [4.69, 9.17) is 23.2 Å². The van der Waals surface area contributed by atoms with Gasteiger partial charge < -0.3 is 10.6 Å². The number of halogens is 2. The number of amides is 4. The third-order valence-electron chi connectivity index (χ3n) is 5.98. The van der Waals surface area contributed by atoms with E-state index in [0.717, 1.165) is 9.78 Å². The second-order valence-electron chi connectivity index (χ2n) is 8.85. The van der Waals surface area contributed by atoms with Crippen LogP contribution in [-0.4, -0.2) is 28.9 Å². The molecular formula is C30H21Cl2N3O4S2. The molecule has 0 saturated carbocycles. The summed E-state index contributed by atoms with van der Waals surface area (Å²) in [6.45, 7) is 0. The van der Waals surface area contributed by atoms with E-state index in [9.17, 15) is 19.2 Å². The SMILES string of the molecule is O=C(Nc1cccc(SC2CC(=O)N(c3cc(Cl)ccc3Cl)C2=O)c1)/C(=C\c1cccs1)NC(=O)c1ccccc1. The molecular weight excluding hydrogens is 601 g/mol. The largest absolute Gasteiger partial charge is 0.321 e. The van der Waals surface area contributed by atoms with E-state index < -0.39 is 23.0 Å². The summed E-state index contributed by atoms with van der Waals surface area (Å²) in [4.78, 5) is 54.5. The molecule has 0 radical (unpaired) electrons. The smallest absolute Gasteiger partial charge is 0.272 e. The second kappa shape index (κ2) is 12.7. The number of nitrogens with one attached hydrogen (secondary N) is 2. The molecule has 0 bridgehead atoms. The Balaban J connectivity index is 1.31. The Morgan fingerprint density at radius 2 is 1.76 bits per heavy atom. The first-order valence-corrected chi connectivity index (χ1v) is 14.8. The molecule has 1 unspecified atom stereocenters. The Bertz CT molecular complexity index is 1660. The van der Waals surface area contributed by atoms with Crippen LogP contribution in [0.1, 0.15) is 21.7 Å². The highest BCUT2D eigenvalue weighted by molar-refractivity contribution is 8.00. The fourth-order valence-corrected chi connectivity index (χ4v) is 6.21. The minimum Gasteiger partial charge on any atom is -0.321 e. The van der Waals surface area contributed by atoms with E-state index in [-0.39, 0.29) is 28.7 Å². The highest BCUT2D eigenvalue weighted by Crippen LogP contribution is 2.38. The average Bonchev–Trinajstić information content (AvgIpc) is 3.57. The third kappa shape index (κ3) is 6.89. The molecule has 1 aromatic heterocycles. The highest BCUT2D eigenvalue weighted by atomic mass is 35.5. The Morgan fingerprint density at radius 3 is 2.51 bits per heavy atom. The molecule has 2 N–H and O–H groups in total. The maximum Gasteiger partial charge on any atom is 0.272 e. The summed E-state index contributed by atoms with van der Waals surface area (Å²) in [7, 11) is 0. The van der Waals surface area contributed by atoms with Gasteiger partial charge in [-0.3, -0.25) is 19.2 Å². The standard InChI is InChI=1S/C30H21Cl2N3O4S2/c31-19-11-12-23(32)25(14-19)35-27(36)17-26(30(35)39)41-22-9-4-8-20(15-22)33-29(38)24(16-21-10-5-13-40-21)34-28(37)18-6-2-1-3-7-18/h1-16,26H,17H2,(H,33,38)(H,34,37)/b24-16+. The summed E-state index contributed by atoms with van der Waals surface area (Å²) in [5.74, 6) is -1.71. The van der Waals surface area contributed by atoms with Crippen LogP contribution in [0.25, 0.3) is 6.08 Å². The van der Waals surface area contributed by atoms with Gasteiger partial charge in [-0.05, 0) is 66.1 Å². The van der Waals surface area contributed by atoms with Crippen LogP contribution in [0.3, 0.4) is 0 Å². The highest BCUT2D eigenvalue weighted by Gasteiger charge is 2.41. The molecule has 4 amide bonds. The van der Waals surface area contributed by atoms with Gasteiger partial charge in [0, 0.05) is 32.5 Å². The normalized spacial score (nSPS) is 15.2. The van der Waals surface area contributed by atoms with Gasteiger partial charge >= 0.3 is 0 Å². The number of thiophene rings is 1. The van der Waals surface area contributed by atoms with Crippen molar-refractivity contribution in [2.75, 3.05) is 10.2 Å². The number of carbonyl (C=O) groups is 4. The molecule has 2 heterocycles. The van der Waals surface area contributed by atoms with Crippen LogP contribution >= 0.6 is 46.3 Å². The van der Waals surface area contributed by atoms with Gasteiger partial charge in [0.15, 0.2) is 0 Å². The number of imide groups is 1. The topological polar surface area (TPSA) is 95.6 Å². The molecule has 0 aliphatic carbocycles. The molecule has 41 heavy (non-hydrogen) atoms. The Labute approximate surface area is 254 Å². The number of rotatable bonds is 8. The summed E-state index contributed by atoms with van der Waals surface area (Å²) in [6, 6.07) is 23.8. The summed E-state index contributed by atoms with van der Waals surface area (Å²) in [6.07, 6.45) is 1.60. The van der Waals surface area contributed by atoms with Crippen molar-refractivity contribution in [3.05, 3.63) is 116 Å². The lowest BCUT2D eigenvalue weighted by molar-refractivity contribution is -0.121. The molecule has 5 rings (SSSR count). The lowest BCUT2D eigenvalue weighted by Gasteiger charge is -2.17. The lowest BCUT2D eigenvalue weighted by Crippen LogP contribution is -2.31. The van der Waals surface area contributed by atoms with Gasteiger partial charge in [0.25, 0.3) is 11.8 Å². The van der Waals surface area contributed by atoms with E-state index in [1.807, 2.05) is 17.5 Å². The molecule has 0 spiro atoms. The van der Waals surface area contributed by atoms with Gasteiger partial charge in [-0.1, -0.05) is 53.5 Å². The van der Waals surface area contributed by atoms with Crippen LogP contribution in [0.5, 0.6) is 0 Å². The summed E-state index contributed by atoms with van der Waals surface area (Å²) >= 11 is 14.9. The Hall–Kier alpha value is -3.89. The van der Waals surface area contributed by atoms with Gasteiger partial charge in [0.1, 0.15) is 5.70 Å². The van der Waals surface area contributed by atoms with Crippen LogP contribution < -0.4 is 15.5 Å². The Morgan fingerprint density at radius 1 is 0.951 bits per heavy atom. The first kappa shape index (κ1) is 28.6. The van der Waals surface area contributed by atoms with Gasteiger partial charge in [0.2, 0.25) is 11.8 Å². The summed E-state index contributed by atoms with van der Waals surface area (Å²) in [5, 5.41) is 7.33. The van der Waals surface area contributed by atoms with Crippen molar-refractivity contribution < 1.29 is 19.2 Å². The van der Waals surface area contributed by atoms with Crippen molar-refractivity contribution in [1.82, 2.24) is 5.32 Å². The zero-order valence-corrected chi connectivity index (χ0v) is 24.3. The van der Waals surface area contributed by atoms with Crippen LogP contribution in [0.4, 0.5) is 11.4 Å². The number of carbonyl (C=O) groups excluding carboxylic acids is 4. The number of thioether (sulfide) groups is 1. The zero-order valence-electron chi connectivity index (χ0n) is 21.2. The predicted octanol–water partition coefficient (Wildman–Crippen LogP) is 6.89. The molecule has 11 heteroatoms. The number of nitrogens with zero attached hydrogens (tertiary/aromatic N) is 1. The van der Waals surface area contributed by atoms with Crippen LogP contribution in [0.2, 0.25) is 10.0 Å². The molecule has 206 valence electrons. The van der Waals surface area contributed by atoms with Crippen molar-refractivity contribution in [2.45, 2.75) is 16.6 Å². The van der Waals surface area contributed by atoms with Crippen molar-refractivity contribution in [3.8, 4) is 0 Å². The summed E-state index contributed by atoms with van der Waals surface area (Å²) < 4.78 is 0. The first-order valence-electron chi connectivity index (χ1n) is 12.3. The molecule has 1 aliphatic heterocycles. The molecule has 1 atom stereocenters. The fraction of sp³-hybridized carbons (Fsp3) is 0.0667. The van der Waals surface area contributed by atoms with Gasteiger partial charge in [-0.25, -0.2) is 4.90 Å². The molecule has 3 aromatic carbocycles. The molecule has 4 aromatic rings. The van der Waals surface area contributed by atoms with E-state index in [1.165, 1.54) is 35.2 Å². The monoisotopic (exact) mass is 621 g/mol. The van der Waals surface area contributed by atoms with Crippen LogP contribution in [0, 0.1) is 0 Å². The summed E-state index contributed by atoms with van der Waals surface area (Å²) in [5.41, 5.74) is 1.20. The minimum absolute atomic E-state index is 0.0118. The average molecular weight is 623 g/mol. The van der Waals surface area contributed by atoms with E-state index in [1.54, 1.807) is 66.7 Å². The van der Waals surface area contributed by atoms with Crippen molar-refractivity contribution in [3.63, 3.8) is 0 Å². The van der Waals surface area contributed by atoms with E-state index in [2.05, 4.69) is 10.6 Å². The predicted molar refractivity (Wildman–Crippen MR) is 164 cm³/mol. The van der Waals surface area contributed by atoms with Crippen molar-refractivity contribution in [1.29, 1.82) is 0 Å². The van der Waals surface area contributed by atoms with E-state index >= 15 is 0 Å². The van der Waals surface area contributed by atoms with Gasteiger partial charge in [-0.2, -0.15) is 0 Å². The maximum atomic E-state index is 13.3. The van der Waals surface area contributed by atoms with Crippen molar-refractivity contribution in [2.24, 2.45) is 0 Å². The van der Waals surface area contributed by atoms with Gasteiger partial charge in [0.05, 0.1) is 16.0 Å². The molecule has 1 fully saturated rings. The number of hydrogen-bond acceptors (Lipinski definition) is 6. The van der Waals surface area contributed by atoms with E-state index in [0.29, 0.717) is 21.2 Å². The molecule has 7 nitrogen and oxygen atoms in total. The number of anilines is 2. The number of hydrogen-bond donors (Lipinski definition) is 2.